The van der Waals surface area contributed by atoms with Crippen LogP contribution >= 0.6 is 0 Å². The Morgan fingerprint density at radius 1 is 1.12 bits per heavy atom. The quantitative estimate of drug-likeness (QED) is 0.754. The molecular weight excluding hydrogens is 298 g/mol. The van der Waals surface area contributed by atoms with Crippen molar-refractivity contribution in [1.29, 1.82) is 0 Å². The van der Waals surface area contributed by atoms with Crippen LogP contribution in [0, 0.1) is 16.7 Å². The van der Waals surface area contributed by atoms with Crippen LogP contribution in [0.25, 0.3) is 0 Å². The second-order valence-corrected chi connectivity index (χ2v) is 9.64. The van der Waals surface area contributed by atoms with Crippen molar-refractivity contribution < 1.29 is 9.84 Å². The standard InChI is InChI=1S/C21H39NO2/c1-20(2)16-10-12-21(20,3)19(14-16)24-13-11-18(23)15-22(4)17-8-6-5-7-9-17/h16-19,23H,5-15H2,1-4H3/t16-,18+,19-,21+/m1/s1. The fraction of sp³-hybridized carbons (Fsp3) is 1.00. The summed E-state index contributed by atoms with van der Waals surface area (Å²) in [5.41, 5.74) is 0.749. The summed E-state index contributed by atoms with van der Waals surface area (Å²) in [5, 5.41) is 10.4. The van der Waals surface area contributed by atoms with Gasteiger partial charge >= 0.3 is 0 Å². The highest BCUT2D eigenvalue weighted by Crippen LogP contribution is 2.66. The summed E-state index contributed by atoms with van der Waals surface area (Å²) in [7, 11) is 2.18. The van der Waals surface area contributed by atoms with Gasteiger partial charge in [-0.15, -0.1) is 0 Å². The number of aliphatic hydroxyl groups excluding tert-OH is 1. The maximum absolute atomic E-state index is 10.4. The number of aliphatic hydroxyl groups is 1. The fourth-order valence-electron chi connectivity index (χ4n) is 5.82. The Morgan fingerprint density at radius 2 is 1.83 bits per heavy atom. The molecule has 3 fully saturated rings. The third kappa shape index (κ3) is 3.41. The maximum Gasteiger partial charge on any atom is 0.0689 e. The molecule has 0 aliphatic heterocycles. The highest BCUT2D eigenvalue weighted by atomic mass is 16.5. The SMILES string of the molecule is CN(C[C@@H](O)CCO[C@@H]1C[C@H]2CC[C@]1(C)C2(C)C)C1CCCCC1. The molecule has 0 amide bonds. The fourth-order valence-corrected chi connectivity index (χ4v) is 5.82. The van der Waals surface area contributed by atoms with Crippen molar-refractivity contribution in [2.45, 2.75) is 96.8 Å². The van der Waals surface area contributed by atoms with E-state index in [2.05, 4.69) is 32.7 Å². The van der Waals surface area contributed by atoms with Crippen molar-refractivity contribution >= 4 is 0 Å². The Labute approximate surface area is 149 Å². The highest BCUT2D eigenvalue weighted by molar-refractivity contribution is 5.11. The zero-order chi connectivity index (χ0) is 17.4. The van der Waals surface area contributed by atoms with E-state index >= 15 is 0 Å². The first-order chi connectivity index (χ1) is 11.3. The molecule has 1 N–H and O–H groups in total. The molecule has 3 nitrogen and oxygen atoms in total. The predicted molar refractivity (Wildman–Crippen MR) is 99.1 cm³/mol. The normalized spacial score (nSPS) is 37.2. The van der Waals surface area contributed by atoms with E-state index in [1.165, 1.54) is 51.4 Å². The molecule has 0 saturated heterocycles. The summed E-state index contributed by atoms with van der Waals surface area (Å²) in [6.07, 6.45) is 11.5. The van der Waals surface area contributed by atoms with E-state index in [1.807, 2.05) is 0 Å². The van der Waals surface area contributed by atoms with Gasteiger partial charge in [-0.2, -0.15) is 0 Å². The molecule has 0 unspecified atom stereocenters. The van der Waals surface area contributed by atoms with Crippen molar-refractivity contribution in [3.8, 4) is 0 Å². The van der Waals surface area contributed by atoms with Gasteiger partial charge < -0.3 is 14.7 Å². The summed E-state index contributed by atoms with van der Waals surface area (Å²) in [6, 6.07) is 0.680. The van der Waals surface area contributed by atoms with Crippen molar-refractivity contribution in [1.82, 2.24) is 4.90 Å². The number of ether oxygens (including phenoxy) is 1. The van der Waals surface area contributed by atoms with Crippen LogP contribution in [0.3, 0.4) is 0 Å². The molecule has 3 saturated carbocycles. The first-order valence-electron chi connectivity index (χ1n) is 10.3. The number of hydrogen-bond donors (Lipinski definition) is 1. The van der Waals surface area contributed by atoms with Crippen molar-refractivity contribution in [3.05, 3.63) is 0 Å². The molecular formula is C21H39NO2. The minimum absolute atomic E-state index is 0.253. The molecule has 0 radical (unpaired) electrons. The van der Waals surface area contributed by atoms with Crippen molar-refractivity contribution in [3.63, 3.8) is 0 Å². The zero-order valence-electron chi connectivity index (χ0n) is 16.4. The number of hydrogen-bond acceptors (Lipinski definition) is 3. The molecule has 3 rings (SSSR count). The molecule has 24 heavy (non-hydrogen) atoms. The highest BCUT2D eigenvalue weighted by Gasteiger charge is 2.61. The summed E-state index contributed by atoms with van der Waals surface area (Å²) >= 11 is 0. The topological polar surface area (TPSA) is 32.7 Å². The van der Waals surface area contributed by atoms with E-state index in [0.717, 1.165) is 18.9 Å². The molecule has 0 aromatic rings. The molecule has 0 heterocycles. The van der Waals surface area contributed by atoms with Crippen LogP contribution in [0.1, 0.15) is 78.6 Å². The van der Waals surface area contributed by atoms with Gasteiger partial charge in [0.15, 0.2) is 0 Å². The van der Waals surface area contributed by atoms with Gasteiger partial charge in [-0.1, -0.05) is 40.0 Å². The van der Waals surface area contributed by atoms with Crippen LogP contribution in [-0.2, 0) is 4.74 Å². The Bertz CT molecular complexity index is 418. The van der Waals surface area contributed by atoms with Crippen LogP contribution < -0.4 is 0 Å². The van der Waals surface area contributed by atoms with Crippen LogP contribution in [0.2, 0.25) is 0 Å². The molecule has 3 aliphatic carbocycles. The Kier molecular flexibility index (Phi) is 5.64. The molecule has 4 atom stereocenters. The van der Waals surface area contributed by atoms with E-state index < -0.39 is 0 Å². The van der Waals surface area contributed by atoms with Crippen LogP contribution in [0.15, 0.2) is 0 Å². The Hall–Kier alpha value is -0.120. The lowest BCUT2D eigenvalue weighted by Crippen LogP contribution is -2.40. The summed E-state index contributed by atoms with van der Waals surface area (Å²) in [4.78, 5) is 2.38. The van der Waals surface area contributed by atoms with Crippen LogP contribution in [0.4, 0.5) is 0 Å². The Morgan fingerprint density at radius 3 is 2.42 bits per heavy atom. The van der Waals surface area contributed by atoms with Gasteiger partial charge in [0.1, 0.15) is 0 Å². The second-order valence-electron chi connectivity index (χ2n) is 9.64. The van der Waals surface area contributed by atoms with Gasteiger partial charge in [0.05, 0.1) is 12.2 Å². The molecule has 3 aliphatic rings. The minimum Gasteiger partial charge on any atom is -0.392 e. The van der Waals surface area contributed by atoms with E-state index in [0.29, 0.717) is 29.6 Å². The van der Waals surface area contributed by atoms with Gasteiger partial charge in [0.2, 0.25) is 0 Å². The second kappa shape index (κ2) is 7.25. The zero-order valence-corrected chi connectivity index (χ0v) is 16.4. The largest absolute Gasteiger partial charge is 0.392 e. The van der Waals surface area contributed by atoms with E-state index in [-0.39, 0.29) is 6.10 Å². The lowest BCUT2D eigenvalue weighted by Gasteiger charge is -2.39. The molecule has 0 spiro atoms. The number of likely N-dealkylation sites (N-methyl/N-ethyl adjacent to an activating group) is 1. The molecule has 0 aromatic heterocycles. The number of rotatable bonds is 7. The maximum atomic E-state index is 10.4. The first-order valence-corrected chi connectivity index (χ1v) is 10.3. The van der Waals surface area contributed by atoms with E-state index in [9.17, 15) is 5.11 Å². The average Bonchev–Trinajstić information content (AvgIpc) is 2.89. The lowest BCUT2D eigenvalue weighted by molar-refractivity contribution is -0.0568. The summed E-state index contributed by atoms with van der Waals surface area (Å²) in [5.74, 6) is 0.829. The lowest BCUT2D eigenvalue weighted by atomic mass is 9.70. The summed E-state index contributed by atoms with van der Waals surface area (Å²) in [6.45, 7) is 8.80. The first kappa shape index (κ1) is 18.7. The minimum atomic E-state index is -0.253. The van der Waals surface area contributed by atoms with E-state index in [1.54, 1.807) is 0 Å². The predicted octanol–water partition coefficient (Wildman–Crippen LogP) is 4.23. The third-order valence-corrected chi connectivity index (χ3v) is 8.18. The number of nitrogens with zero attached hydrogens (tertiary/aromatic N) is 1. The van der Waals surface area contributed by atoms with Gasteiger partial charge in [-0.25, -0.2) is 0 Å². The van der Waals surface area contributed by atoms with Gasteiger partial charge in [0.25, 0.3) is 0 Å². The van der Waals surface area contributed by atoms with E-state index in [4.69, 9.17) is 4.74 Å². The molecule has 140 valence electrons. The molecule has 0 aromatic carbocycles. The monoisotopic (exact) mass is 337 g/mol. The van der Waals surface area contributed by atoms with Gasteiger partial charge in [-0.05, 0) is 62.3 Å². The average molecular weight is 338 g/mol. The molecule has 2 bridgehead atoms. The van der Waals surface area contributed by atoms with Crippen LogP contribution in [0.5, 0.6) is 0 Å². The van der Waals surface area contributed by atoms with Crippen LogP contribution in [-0.4, -0.2) is 48.5 Å². The van der Waals surface area contributed by atoms with Crippen molar-refractivity contribution in [2.24, 2.45) is 16.7 Å². The summed E-state index contributed by atoms with van der Waals surface area (Å²) < 4.78 is 6.29. The van der Waals surface area contributed by atoms with Gasteiger partial charge in [0, 0.05) is 19.2 Å². The molecule has 3 heteroatoms. The smallest absolute Gasteiger partial charge is 0.0689 e. The third-order valence-electron chi connectivity index (χ3n) is 8.18. The van der Waals surface area contributed by atoms with Gasteiger partial charge in [-0.3, -0.25) is 0 Å². The Balaban J connectivity index is 1.39. The number of fused-ring (bicyclic) bond motifs is 2. The van der Waals surface area contributed by atoms with Crippen molar-refractivity contribution in [2.75, 3.05) is 20.2 Å².